The summed E-state index contributed by atoms with van der Waals surface area (Å²) in [7, 11) is 0. The molecule has 0 spiro atoms. The van der Waals surface area contributed by atoms with E-state index < -0.39 is 0 Å². The van der Waals surface area contributed by atoms with E-state index in [1.807, 2.05) is 53.9 Å². The second-order valence-electron chi connectivity index (χ2n) is 5.58. The summed E-state index contributed by atoms with van der Waals surface area (Å²) < 4.78 is 0. The van der Waals surface area contributed by atoms with Crippen molar-refractivity contribution in [3.63, 3.8) is 0 Å². The van der Waals surface area contributed by atoms with E-state index in [1.54, 1.807) is 6.21 Å². The van der Waals surface area contributed by atoms with Crippen molar-refractivity contribution in [3.8, 4) is 11.3 Å². The molecule has 1 heterocycles. The molecule has 0 aliphatic heterocycles. The van der Waals surface area contributed by atoms with E-state index in [0.717, 1.165) is 27.6 Å². The Morgan fingerprint density at radius 3 is 2.52 bits per heavy atom. The third-order valence-corrected chi connectivity index (χ3v) is 4.20. The Hall–Kier alpha value is -2.99. The normalized spacial score (nSPS) is 10.8. The highest BCUT2D eigenvalue weighted by atomic mass is 32.1. The molecule has 6 heteroatoms. The number of rotatable bonds is 5. The minimum atomic E-state index is -0.0840. The van der Waals surface area contributed by atoms with Crippen LogP contribution in [0.4, 0.5) is 10.8 Å². The maximum absolute atomic E-state index is 11.0. The van der Waals surface area contributed by atoms with Crippen LogP contribution in [0.15, 0.2) is 59.0 Å². The molecule has 0 unspecified atom stereocenters. The van der Waals surface area contributed by atoms with Crippen LogP contribution in [0.3, 0.4) is 0 Å². The molecule has 25 heavy (non-hydrogen) atoms. The zero-order valence-electron chi connectivity index (χ0n) is 14.0. The van der Waals surface area contributed by atoms with Gasteiger partial charge in [-0.15, -0.1) is 11.3 Å². The van der Waals surface area contributed by atoms with Gasteiger partial charge in [-0.05, 0) is 24.6 Å². The van der Waals surface area contributed by atoms with E-state index in [0.29, 0.717) is 0 Å². The van der Waals surface area contributed by atoms with Gasteiger partial charge in [0.15, 0.2) is 0 Å². The van der Waals surface area contributed by atoms with Crippen molar-refractivity contribution in [3.05, 3.63) is 65.0 Å². The van der Waals surface area contributed by atoms with Crippen LogP contribution in [-0.4, -0.2) is 17.1 Å². The number of amides is 1. The van der Waals surface area contributed by atoms with Crippen molar-refractivity contribution in [1.82, 2.24) is 4.98 Å². The number of nitrogens with zero attached hydrogens (tertiary/aromatic N) is 2. The fourth-order valence-corrected chi connectivity index (χ4v) is 2.87. The lowest BCUT2D eigenvalue weighted by Gasteiger charge is -2.02. The Labute approximate surface area is 150 Å². The first-order valence-electron chi connectivity index (χ1n) is 7.79. The molecular formula is C19H18N4OS. The standard InChI is InChI=1S/C19H18N4OS/c1-13-3-5-15(6-4-13)11-20-23-19-22-18(12-25-19)16-7-9-17(10-8-16)21-14(2)24/h3-12H,1-2H3,(H,21,24)(H,22,23)/b20-11-. The molecule has 2 aromatic carbocycles. The van der Waals surface area contributed by atoms with Crippen LogP contribution in [0.5, 0.6) is 0 Å². The molecule has 0 atom stereocenters. The van der Waals surface area contributed by atoms with Crippen molar-refractivity contribution >= 4 is 34.3 Å². The Morgan fingerprint density at radius 1 is 1.12 bits per heavy atom. The van der Waals surface area contributed by atoms with E-state index in [1.165, 1.54) is 23.8 Å². The number of anilines is 2. The predicted octanol–water partition coefficient (Wildman–Crippen LogP) is 4.52. The van der Waals surface area contributed by atoms with Gasteiger partial charge in [-0.25, -0.2) is 4.98 Å². The maximum Gasteiger partial charge on any atom is 0.221 e. The highest BCUT2D eigenvalue weighted by Gasteiger charge is 2.04. The number of thiazole rings is 1. The molecular weight excluding hydrogens is 332 g/mol. The van der Waals surface area contributed by atoms with Crippen molar-refractivity contribution < 1.29 is 4.79 Å². The molecule has 0 aliphatic carbocycles. The zero-order valence-corrected chi connectivity index (χ0v) is 14.8. The lowest BCUT2D eigenvalue weighted by Crippen LogP contribution is -2.05. The van der Waals surface area contributed by atoms with Crippen LogP contribution in [0, 0.1) is 6.92 Å². The van der Waals surface area contributed by atoms with Crippen LogP contribution in [0.1, 0.15) is 18.1 Å². The Kier molecular flexibility index (Phi) is 5.20. The van der Waals surface area contributed by atoms with Gasteiger partial charge in [-0.3, -0.25) is 10.2 Å². The van der Waals surface area contributed by atoms with Gasteiger partial charge in [0.05, 0.1) is 11.9 Å². The topological polar surface area (TPSA) is 66.4 Å². The van der Waals surface area contributed by atoms with Gasteiger partial charge in [0, 0.05) is 23.6 Å². The largest absolute Gasteiger partial charge is 0.326 e. The fourth-order valence-electron chi connectivity index (χ4n) is 2.20. The average Bonchev–Trinajstić information content (AvgIpc) is 3.06. The molecule has 0 radical (unpaired) electrons. The van der Waals surface area contributed by atoms with Crippen molar-refractivity contribution in [1.29, 1.82) is 0 Å². The van der Waals surface area contributed by atoms with Gasteiger partial charge < -0.3 is 5.32 Å². The quantitative estimate of drug-likeness (QED) is 0.525. The molecule has 3 aromatic rings. The summed E-state index contributed by atoms with van der Waals surface area (Å²) in [5, 5.41) is 9.66. The molecule has 2 N–H and O–H groups in total. The van der Waals surface area contributed by atoms with Crippen LogP contribution in [0.25, 0.3) is 11.3 Å². The van der Waals surface area contributed by atoms with E-state index in [-0.39, 0.29) is 5.91 Å². The highest BCUT2D eigenvalue weighted by Crippen LogP contribution is 2.26. The third-order valence-electron chi connectivity index (χ3n) is 3.46. The number of carbonyl (C=O) groups is 1. The molecule has 0 saturated carbocycles. The smallest absolute Gasteiger partial charge is 0.221 e. The summed E-state index contributed by atoms with van der Waals surface area (Å²) in [4.78, 5) is 15.6. The van der Waals surface area contributed by atoms with Gasteiger partial charge >= 0.3 is 0 Å². The fraction of sp³-hybridized carbons (Fsp3) is 0.105. The van der Waals surface area contributed by atoms with Crippen molar-refractivity contribution in [2.24, 2.45) is 5.10 Å². The first-order valence-corrected chi connectivity index (χ1v) is 8.67. The van der Waals surface area contributed by atoms with Gasteiger partial charge in [0.1, 0.15) is 0 Å². The summed E-state index contributed by atoms with van der Waals surface area (Å²) >= 11 is 1.49. The van der Waals surface area contributed by atoms with Crippen LogP contribution < -0.4 is 10.7 Å². The number of hydrogen-bond acceptors (Lipinski definition) is 5. The third kappa shape index (κ3) is 4.74. The molecule has 0 aliphatic rings. The first kappa shape index (κ1) is 16.9. The van der Waals surface area contributed by atoms with Gasteiger partial charge in [-0.2, -0.15) is 5.10 Å². The Bertz CT molecular complexity index is 883. The monoisotopic (exact) mass is 350 g/mol. The van der Waals surface area contributed by atoms with E-state index in [4.69, 9.17) is 0 Å². The second kappa shape index (κ2) is 7.72. The minimum absolute atomic E-state index is 0.0840. The van der Waals surface area contributed by atoms with Gasteiger partial charge in [-0.1, -0.05) is 42.0 Å². The van der Waals surface area contributed by atoms with Gasteiger partial charge in [0.2, 0.25) is 11.0 Å². The van der Waals surface area contributed by atoms with E-state index in [2.05, 4.69) is 27.8 Å². The summed E-state index contributed by atoms with van der Waals surface area (Å²) in [6.45, 7) is 3.54. The molecule has 1 amide bonds. The van der Waals surface area contributed by atoms with E-state index >= 15 is 0 Å². The number of aromatic nitrogens is 1. The van der Waals surface area contributed by atoms with Crippen molar-refractivity contribution in [2.45, 2.75) is 13.8 Å². The summed E-state index contributed by atoms with van der Waals surface area (Å²) in [5.41, 5.74) is 7.83. The SMILES string of the molecule is CC(=O)Nc1ccc(-c2csc(N/N=C\c3ccc(C)cc3)n2)cc1. The molecule has 3 rings (SSSR count). The maximum atomic E-state index is 11.0. The summed E-state index contributed by atoms with van der Waals surface area (Å²) in [6, 6.07) is 15.7. The molecule has 0 saturated heterocycles. The number of aryl methyl sites for hydroxylation is 1. The molecule has 0 bridgehead atoms. The molecule has 5 nitrogen and oxygen atoms in total. The highest BCUT2D eigenvalue weighted by molar-refractivity contribution is 7.14. The molecule has 0 fully saturated rings. The summed E-state index contributed by atoms with van der Waals surface area (Å²) in [5.74, 6) is -0.0840. The zero-order chi connectivity index (χ0) is 17.6. The number of benzene rings is 2. The number of nitrogens with one attached hydrogen (secondary N) is 2. The number of carbonyl (C=O) groups excluding carboxylic acids is 1. The van der Waals surface area contributed by atoms with E-state index in [9.17, 15) is 4.79 Å². The average molecular weight is 350 g/mol. The van der Waals surface area contributed by atoms with Crippen molar-refractivity contribution in [2.75, 3.05) is 10.7 Å². The minimum Gasteiger partial charge on any atom is -0.326 e. The lowest BCUT2D eigenvalue weighted by molar-refractivity contribution is -0.114. The van der Waals surface area contributed by atoms with Crippen LogP contribution >= 0.6 is 11.3 Å². The Morgan fingerprint density at radius 2 is 1.84 bits per heavy atom. The first-order chi connectivity index (χ1) is 12.1. The predicted molar refractivity (Wildman–Crippen MR) is 104 cm³/mol. The Balaban J connectivity index is 1.63. The summed E-state index contributed by atoms with van der Waals surface area (Å²) in [6.07, 6.45) is 1.77. The number of hydrazone groups is 1. The lowest BCUT2D eigenvalue weighted by atomic mass is 10.1. The molecule has 1 aromatic heterocycles. The van der Waals surface area contributed by atoms with Gasteiger partial charge in [0.25, 0.3) is 0 Å². The van der Waals surface area contributed by atoms with Crippen LogP contribution in [-0.2, 0) is 4.79 Å². The second-order valence-corrected chi connectivity index (χ2v) is 6.44. The molecule has 126 valence electrons. The number of hydrogen-bond donors (Lipinski definition) is 2. The van der Waals surface area contributed by atoms with Crippen LogP contribution in [0.2, 0.25) is 0 Å².